The first kappa shape index (κ1) is 17.3. The third-order valence-electron chi connectivity index (χ3n) is 3.90. The average molecular weight is 383 g/mol. The van der Waals surface area contributed by atoms with Gasteiger partial charge in [-0.05, 0) is 41.6 Å². The molecule has 1 aliphatic rings. The second-order valence-electron chi connectivity index (χ2n) is 5.82. The number of para-hydroxylation sites is 1. The van der Waals surface area contributed by atoms with Gasteiger partial charge in [-0.3, -0.25) is 4.79 Å². The minimum atomic E-state index is -0.397. The van der Waals surface area contributed by atoms with Crippen molar-refractivity contribution in [3.63, 3.8) is 0 Å². The van der Waals surface area contributed by atoms with Gasteiger partial charge in [-0.2, -0.15) is 4.68 Å². The molecule has 0 spiro atoms. The molecule has 1 N–H and O–H groups in total. The van der Waals surface area contributed by atoms with Crippen LogP contribution in [-0.2, 0) is 4.79 Å². The Labute approximate surface area is 159 Å². The van der Waals surface area contributed by atoms with Crippen molar-refractivity contribution in [2.75, 3.05) is 18.5 Å². The quantitative estimate of drug-likeness (QED) is 0.677. The third kappa shape index (κ3) is 3.87. The Morgan fingerprint density at radius 1 is 1.15 bits per heavy atom. The summed E-state index contributed by atoms with van der Waals surface area (Å²) in [5, 5.41) is 14.8. The first-order valence-corrected chi connectivity index (χ1v) is 9.29. The fourth-order valence-electron chi connectivity index (χ4n) is 2.56. The summed E-state index contributed by atoms with van der Waals surface area (Å²) >= 11 is 1.29. The minimum absolute atomic E-state index is 0.153. The van der Waals surface area contributed by atoms with Crippen molar-refractivity contribution in [3.05, 3.63) is 48.5 Å². The number of ether oxygens (including phenoxy) is 2. The van der Waals surface area contributed by atoms with E-state index in [4.69, 9.17) is 9.47 Å². The molecular weight excluding hydrogens is 366 g/mol. The molecule has 4 rings (SSSR count). The fourth-order valence-corrected chi connectivity index (χ4v) is 3.37. The Morgan fingerprint density at radius 3 is 2.74 bits per heavy atom. The number of carbonyl (C=O) groups excluding carboxylic acids is 1. The van der Waals surface area contributed by atoms with Crippen molar-refractivity contribution < 1.29 is 14.3 Å². The van der Waals surface area contributed by atoms with Crippen LogP contribution in [0.4, 0.5) is 5.69 Å². The first-order valence-electron chi connectivity index (χ1n) is 8.42. The maximum absolute atomic E-state index is 12.6. The van der Waals surface area contributed by atoms with Gasteiger partial charge in [0.1, 0.15) is 13.2 Å². The maximum atomic E-state index is 12.6. The van der Waals surface area contributed by atoms with E-state index in [9.17, 15) is 4.79 Å². The summed E-state index contributed by atoms with van der Waals surface area (Å²) in [5.74, 6) is 1.16. The van der Waals surface area contributed by atoms with Crippen molar-refractivity contribution in [2.45, 2.75) is 17.3 Å². The zero-order valence-corrected chi connectivity index (χ0v) is 15.3. The molecule has 0 saturated heterocycles. The summed E-state index contributed by atoms with van der Waals surface area (Å²) in [6.07, 6.45) is 0. The summed E-state index contributed by atoms with van der Waals surface area (Å²) in [6.45, 7) is 2.84. The van der Waals surface area contributed by atoms with Gasteiger partial charge in [0.2, 0.25) is 11.1 Å². The van der Waals surface area contributed by atoms with Crippen LogP contribution in [0.3, 0.4) is 0 Å². The smallest absolute Gasteiger partial charge is 0.237 e. The lowest BCUT2D eigenvalue weighted by atomic mass is 10.2. The highest BCUT2D eigenvalue weighted by molar-refractivity contribution is 8.00. The van der Waals surface area contributed by atoms with Gasteiger partial charge in [0.05, 0.1) is 10.9 Å². The van der Waals surface area contributed by atoms with Crippen LogP contribution < -0.4 is 14.8 Å². The lowest BCUT2D eigenvalue weighted by Crippen LogP contribution is -2.23. The standard InChI is InChI=1S/C18H17N5O3S/c1-12(27-18-20-21-22-23(18)14-5-3-2-4-6-14)17(24)19-13-7-8-15-16(11-13)26-10-9-25-15/h2-8,11-12H,9-10H2,1H3,(H,19,24)/t12-/m0/s1. The maximum Gasteiger partial charge on any atom is 0.237 e. The molecule has 1 aliphatic heterocycles. The second-order valence-corrected chi connectivity index (χ2v) is 7.12. The van der Waals surface area contributed by atoms with Crippen LogP contribution in [0.5, 0.6) is 11.5 Å². The Balaban J connectivity index is 1.44. The predicted octanol–water partition coefficient (Wildman–Crippen LogP) is 2.55. The van der Waals surface area contributed by atoms with E-state index in [1.54, 1.807) is 22.9 Å². The van der Waals surface area contributed by atoms with Crippen LogP contribution in [-0.4, -0.2) is 44.6 Å². The number of tetrazole rings is 1. The zero-order chi connectivity index (χ0) is 18.6. The lowest BCUT2D eigenvalue weighted by Gasteiger charge is -2.19. The van der Waals surface area contributed by atoms with E-state index in [-0.39, 0.29) is 5.91 Å². The lowest BCUT2D eigenvalue weighted by molar-refractivity contribution is -0.115. The van der Waals surface area contributed by atoms with E-state index in [0.717, 1.165) is 5.69 Å². The van der Waals surface area contributed by atoms with E-state index in [0.29, 0.717) is 35.6 Å². The number of anilines is 1. The highest BCUT2D eigenvalue weighted by Crippen LogP contribution is 2.33. The number of nitrogens with zero attached hydrogens (tertiary/aromatic N) is 4. The Kier molecular flexibility index (Phi) is 4.93. The molecule has 0 unspecified atom stereocenters. The average Bonchev–Trinajstić information content (AvgIpc) is 3.16. The molecule has 9 heteroatoms. The molecule has 0 bridgehead atoms. The zero-order valence-electron chi connectivity index (χ0n) is 14.5. The van der Waals surface area contributed by atoms with Gasteiger partial charge in [0, 0.05) is 11.8 Å². The number of benzene rings is 2. The van der Waals surface area contributed by atoms with Gasteiger partial charge in [-0.15, -0.1) is 5.10 Å². The van der Waals surface area contributed by atoms with E-state index in [1.807, 2.05) is 37.3 Å². The van der Waals surface area contributed by atoms with Gasteiger partial charge < -0.3 is 14.8 Å². The minimum Gasteiger partial charge on any atom is -0.486 e. The number of thioether (sulfide) groups is 1. The van der Waals surface area contributed by atoms with Gasteiger partial charge in [-0.25, -0.2) is 0 Å². The molecule has 1 atom stereocenters. The van der Waals surface area contributed by atoms with E-state index >= 15 is 0 Å². The predicted molar refractivity (Wildman–Crippen MR) is 101 cm³/mol. The molecule has 1 aromatic heterocycles. The Hall–Kier alpha value is -3.07. The number of hydrogen-bond acceptors (Lipinski definition) is 7. The summed E-state index contributed by atoms with van der Waals surface area (Å²) in [4.78, 5) is 12.6. The first-order chi connectivity index (χ1) is 13.2. The second kappa shape index (κ2) is 7.67. The highest BCUT2D eigenvalue weighted by atomic mass is 32.2. The van der Waals surface area contributed by atoms with Gasteiger partial charge in [-0.1, -0.05) is 30.0 Å². The Bertz CT molecular complexity index is 947. The summed E-state index contributed by atoms with van der Waals surface area (Å²) in [6, 6.07) is 14.9. The number of hydrogen-bond donors (Lipinski definition) is 1. The highest BCUT2D eigenvalue weighted by Gasteiger charge is 2.20. The number of carbonyl (C=O) groups is 1. The van der Waals surface area contributed by atoms with Crippen LogP contribution in [0, 0.1) is 0 Å². The van der Waals surface area contributed by atoms with Crippen molar-refractivity contribution >= 4 is 23.4 Å². The molecule has 8 nitrogen and oxygen atoms in total. The van der Waals surface area contributed by atoms with Gasteiger partial charge in [0.25, 0.3) is 0 Å². The van der Waals surface area contributed by atoms with Gasteiger partial charge >= 0.3 is 0 Å². The molecule has 2 heterocycles. The molecule has 0 fully saturated rings. The number of rotatable bonds is 5. The number of nitrogens with one attached hydrogen (secondary N) is 1. The van der Waals surface area contributed by atoms with Crippen molar-refractivity contribution in [3.8, 4) is 17.2 Å². The summed E-state index contributed by atoms with van der Waals surface area (Å²) in [5.41, 5.74) is 1.49. The van der Waals surface area contributed by atoms with Crippen molar-refractivity contribution in [1.29, 1.82) is 0 Å². The molecule has 0 radical (unpaired) electrons. The molecular formula is C18H17N5O3S. The van der Waals surface area contributed by atoms with E-state index in [2.05, 4.69) is 20.8 Å². The van der Waals surface area contributed by atoms with Crippen LogP contribution in [0.1, 0.15) is 6.92 Å². The molecule has 27 heavy (non-hydrogen) atoms. The molecule has 3 aromatic rings. The monoisotopic (exact) mass is 383 g/mol. The third-order valence-corrected chi connectivity index (χ3v) is 4.94. The van der Waals surface area contributed by atoms with Crippen LogP contribution in [0.15, 0.2) is 53.7 Å². The van der Waals surface area contributed by atoms with Crippen LogP contribution in [0.2, 0.25) is 0 Å². The summed E-state index contributed by atoms with van der Waals surface area (Å²) < 4.78 is 12.6. The molecule has 0 aliphatic carbocycles. The number of amides is 1. The van der Waals surface area contributed by atoms with Crippen molar-refractivity contribution in [1.82, 2.24) is 20.2 Å². The molecule has 2 aromatic carbocycles. The molecule has 0 saturated carbocycles. The van der Waals surface area contributed by atoms with Gasteiger partial charge in [0.15, 0.2) is 11.5 Å². The number of aromatic nitrogens is 4. The summed E-state index contributed by atoms with van der Waals surface area (Å²) in [7, 11) is 0. The number of fused-ring (bicyclic) bond motifs is 1. The SMILES string of the molecule is C[C@H](Sc1nnnn1-c1ccccc1)C(=O)Nc1ccc2c(c1)OCCO2. The normalized spacial score (nSPS) is 13.8. The fraction of sp³-hybridized carbons (Fsp3) is 0.222. The molecule has 1 amide bonds. The van der Waals surface area contributed by atoms with Crippen LogP contribution in [0.25, 0.3) is 5.69 Å². The van der Waals surface area contributed by atoms with E-state index in [1.165, 1.54) is 11.8 Å². The van der Waals surface area contributed by atoms with Crippen LogP contribution >= 0.6 is 11.8 Å². The molecule has 138 valence electrons. The largest absolute Gasteiger partial charge is 0.486 e. The van der Waals surface area contributed by atoms with Crippen molar-refractivity contribution in [2.24, 2.45) is 0 Å². The van der Waals surface area contributed by atoms with E-state index < -0.39 is 5.25 Å². The topological polar surface area (TPSA) is 91.2 Å². The Morgan fingerprint density at radius 2 is 1.93 bits per heavy atom.